The SMILES string of the molecule is NC(=O)NN=Cc1ccc(OCCCOc2ccc(OCc3ccccc3)cc2)cc1. The molecule has 0 aliphatic carbocycles. The number of amides is 2. The Hall–Kier alpha value is -4.00. The summed E-state index contributed by atoms with van der Waals surface area (Å²) in [5, 5.41) is 3.70. The van der Waals surface area contributed by atoms with Crippen molar-refractivity contribution in [3.05, 3.63) is 90.0 Å². The van der Waals surface area contributed by atoms with Gasteiger partial charge in [-0.3, -0.25) is 0 Å². The number of carbonyl (C=O) groups is 1. The zero-order valence-corrected chi connectivity index (χ0v) is 17.1. The van der Waals surface area contributed by atoms with Crippen LogP contribution in [0.25, 0.3) is 0 Å². The second-order valence-electron chi connectivity index (χ2n) is 6.60. The number of hydrogen-bond acceptors (Lipinski definition) is 5. The number of nitrogens with two attached hydrogens (primary N) is 1. The van der Waals surface area contributed by atoms with Crippen LogP contribution in [0.1, 0.15) is 17.5 Å². The second kappa shape index (κ2) is 11.9. The Morgan fingerprint density at radius 3 is 1.94 bits per heavy atom. The fourth-order valence-corrected chi connectivity index (χ4v) is 2.63. The molecule has 7 nitrogen and oxygen atoms in total. The van der Waals surface area contributed by atoms with Crippen LogP contribution >= 0.6 is 0 Å². The van der Waals surface area contributed by atoms with Gasteiger partial charge in [0.1, 0.15) is 23.9 Å². The second-order valence-corrected chi connectivity index (χ2v) is 6.60. The summed E-state index contributed by atoms with van der Waals surface area (Å²) in [6.07, 6.45) is 2.25. The molecule has 7 heteroatoms. The molecule has 3 rings (SSSR count). The quantitative estimate of drug-likeness (QED) is 0.278. The number of benzene rings is 3. The van der Waals surface area contributed by atoms with E-state index in [0.29, 0.717) is 19.8 Å². The van der Waals surface area contributed by atoms with Crippen molar-refractivity contribution in [1.29, 1.82) is 0 Å². The summed E-state index contributed by atoms with van der Waals surface area (Å²) in [7, 11) is 0. The maximum Gasteiger partial charge on any atom is 0.332 e. The molecule has 31 heavy (non-hydrogen) atoms. The van der Waals surface area contributed by atoms with Crippen LogP contribution in [0.2, 0.25) is 0 Å². The summed E-state index contributed by atoms with van der Waals surface area (Å²) in [6.45, 7) is 1.62. The molecule has 3 N–H and O–H groups in total. The molecule has 0 atom stereocenters. The standard InChI is InChI=1S/C24H25N3O4/c25-24(28)27-26-17-19-7-9-21(10-8-19)29-15-4-16-30-22-11-13-23(14-12-22)31-18-20-5-2-1-3-6-20/h1-3,5-14,17H,4,15-16,18H2,(H3,25,27,28). The van der Waals surface area contributed by atoms with E-state index in [4.69, 9.17) is 19.9 Å². The van der Waals surface area contributed by atoms with Crippen molar-refractivity contribution in [2.45, 2.75) is 13.0 Å². The average molecular weight is 419 g/mol. The summed E-state index contributed by atoms with van der Waals surface area (Å²) < 4.78 is 17.2. The molecule has 0 bridgehead atoms. The first-order valence-electron chi connectivity index (χ1n) is 9.90. The van der Waals surface area contributed by atoms with Crippen LogP contribution in [0.3, 0.4) is 0 Å². The van der Waals surface area contributed by atoms with Gasteiger partial charge in [0.15, 0.2) is 0 Å². The molecular formula is C24H25N3O4. The molecule has 0 aromatic heterocycles. The Labute approximate surface area is 181 Å². The van der Waals surface area contributed by atoms with Crippen LogP contribution in [0.4, 0.5) is 4.79 Å². The van der Waals surface area contributed by atoms with E-state index >= 15 is 0 Å². The van der Waals surface area contributed by atoms with E-state index in [1.165, 1.54) is 6.21 Å². The Bertz CT molecular complexity index is 958. The predicted octanol–water partition coefficient (Wildman–Crippen LogP) is 4.12. The monoisotopic (exact) mass is 419 g/mol. The summed E-state index contributed by atoms with van der Waals surface area (Å²) in [6, 6.07) is 24.3. The molecule has 0 radical (unpaired) electrons. The predicted molar refractivity (Wildman–Crippen MR) is 120 cm³/mol. The van der Waals surface area contributed by atoms with Crippen molar-refractivity contribution in [2.75, 3.05) is 13.2 Å². The van der Waals surface area contributed by atoms with Gasteiger partial charge in [0.2, 0.25) is 0 Å². The van der Waals surface area contributed by atoms with Gasteiger partial charge in [-0.2, -0.15) is 5.10 Å². The number of hydrogen-bond donors (Lipinski definition) is 2. The molecule has 0 saturated carbocycles. The smallest absolute Gasteiger partial charge is 0.332 e. The van der Waals surface area contributed by atoms with E-state index in [1.54, 1.807) is 0 Å². The fourth-order valence-electron chi connectivity index (χ4n) is 2.63. The zero-order valence-electron chi connectivity index (χ0n) is 17.1. The lowest BCUT2D eigenvalue weighted by molar-refractivity contribution is 0.247. The van der Waals surface area contributed by atoms with Crippen molar-refractivity contribution in [3.63, 3.8) is 0 Å². The topological polar surface area (TPSA) is 95.2 Å². The van der Waals surface area contributed by atoms with Crippen molar-refractivity contribution >= 4 is 12.2 Å². The number of hydrazone groups is 1. The largest absolute Gasteiger partial charge is 0.493 e. The highest BCUT2D eigenvalue weighted by Crippen LogP contribution is 2.19. The lowest BCUT2D eigenvalue weighted by Gasteiger charge is -2.10. The summed E-state index contributed by atoms with van der Waals surface area (Å²) in [5.74, 6) is 2.35. The Balaban J connectivity index is 1.31. The third-order valence-corrected chi connectivity index (χ3v) is 4.17. The third kappa shape index (κ3) is 8.10. The minimum Gasteiger partial charge on any atom is -0.493 e. The molecule has 0 unspecified atom stereocenters. The van der Waals surface area contributed by atoms with Crippen molar-refractivity contribution < 1.29 is 19.0 Å². The normalized spacial score (nSPS) is 10.6. The molecule has 160 valence electrons. The van der Waals surface area contributed by atoms with Gasteiger partial charge in [0, 0.05) is 6.42 Å². The molecule has 2 amide bonds. The maximum atomic E-state index is 10.6. The number of urea groups is 1. The molecular weight excluding hydrogens is 394 g/mol. The fraction of sp³-hybridized carbons (Fsp3) is 0.167. The van der Waals surface area contributed by atoms with E-state index in [1.807, 2.05) is 78.9 Å². The van der Waals surface area contributed by atoms with Gasteiger partial charge in [0.25, 0.3) is 0 Å². The molecule has 0 aliphatic heterocycles. The Kier molecular flexibility index (Phi) is 8.31. The van der Waals surface area contributed by atoms with E-state index in [9.17, 15) is 4.79 Å². The van der Waals surface area contributed by atoms with Crippen LogP contribution in [-0.2, 0) is 6.61 Å². The maximum absolute atomic E-state index is 10.6. The molecule has 3 aromatic rings. The van der Waals surface area contributed by atoms with Crippen LogP contribution in [0, 0.1) is 0 Å². The zero-order chi connectivity index (χ0) is 21.7. The highest BCUT2D eigenvalue weighted by molar-refractivity contribution is 5.81. The molecule has 0 aliphatic rings. The van der Waals surface area contributed by atoms with Crippen LogP contribution < -0.4 is 25.4 Å². The van der Waals surface area contributed by atoms with E-state index in [0.717, 1.165) is 34.8 Å². The molecule has 3 aromatic carbocycles. The van der Waals surface area contributed by atoms with Crippen molar-refractivity contribution in [3.8, 4) is 17.2 Å². The van der Waals surface area contributed by atoms with E-state index in [-0.39, 0.29) is 0 Å². The first-order chi connectivity index (χ1) is 15.2. The third-order valence-electron chi connectivity index (χ3n) is 4.17. The van der Waals surface area contributed by atoms with Crippen molar-refractivity contribution in [1.82, 2.24) is 5.43 Å². The van der Waals surface area contributed by atoms with Gasteiger partial charge in [-0.25, -0.2) is 10.2 Å². The molecule has 0 heterocycles. The van der Waals surface area contributed by atoms with Gasteiger partial charge in [-0.1, -0.05) is 30.3 Å². The first-order valence-corrected chi connectivity index (χ1v) is 9.90. The Morgan fingerprint density at radius 1 is 0.806 bits per heavy atom. The van der Waals surface area contributed by atoms with Crippen LogP contribution in [0.15, 0.2) is 84.0 Å². The molecule has 0 spiro atoms. The van der Waals surface area contributed by atoms with Crippen molar-refractivity contribution in [2.24, 2.45) is 10.8 Å². The highest BCUT2D eigenvalue weighted by Gasteiger charge is 1.99. The lowest BCUT2D eigenvalue weighted by Crippen LogP contribution is -2.24. The first kappa shape index (κ1) is 21.7. The molecule has 0 saturated heterocycles. The van der Waals surface area contributed by atoms with Gasteiger partial charge in [-0.15, -0.1) is 0 Å². The summed E-state index contributed by atoms with van der Waals surface area (Å²) >= 11 is 0. The van der Waals surface area contributed by atoms with Crippen LogP contribution in [-0.4, -0.2) is 25.5 Å². The summed E-state index contributed by atoms with van der Waals surface area (Å²) in [4.78, 5) is 10.6. The minimum absolute atomic E-state index is 0.537. The average Bonchev–Trinajstić information content (AvgIpc) is 2.80. The summed E-state index contributed by atoms with van der Waals surface area (Å²) in [5.41, 5.74) is 9.03. The number of primary amides is 1. The number of nitrogens with one attached hydrogen (secondary N) is 1. The van der Waals surface area contributed by atoms with Gasteiger partial charge < -0.3 is 19.9 Å². The van der Waals surface area contributed by atoms with E-state index < -0.39 is 6.03 Å². The number of nitrogens with zero attached hydrogens (tertiary/aromatic N) is 1. The minimum atomic E-state index is -0.703. The Morgan fingerprint density at radius 2 is 1.35 bits per heavy atom. The van der Waals surface area contributed by atoms with Gasteiger partial charge in [0.05, 0.1) is 19.4 Å². The number of rotatable bonds is 11. The van der Waals surface area contributed by atoms with Gasteiger partial charge in [-0.05, 0) is 59.7 Å². The van der Waals surface area contributed by atoms with Crippen LogP contribution in [0.5, 0.6) is 17.2 Å². The highest BCUT2D eigenvalue weighted by atomic mass is 16.5. The van der Waals surface area contributed by atoms with E-state index in [2.05, 4.69) is 10.5 Å². The number of carbonyl (C=O) groups excluding carboxylic acids is 1. The van der Waals surface area contributed by atoms with Gasteiger partial charge >= 0.3 is 6.03 Å². The number of ether oxygens (including phenoxy) is 3. The molecule has 0 fully saturated rings. The lowest BCUT2D eigenvalue weighted by atomic mass is 10.2.